The highest BCUT2D eigenvalue weighted by atomic mass is 16.4. The van der Waals surface area contributed by atoms with E-state index < -0.39 is 12.0 Å². The standard InChI is InChI=1S/C23H31N5O3/c1-6-8-9-20(29)28(21(15(3)4)23(30)31)14-17-10-12-18(13-11-17)16(5)19(7-2)22-24-26-27-25-22/h7,10-13,15,21H,5-6,8-9,14H2,1-4H3,(H,30,31)(H,24,25,26,27)/b19-7+. The van der Waals surface area contributed by atoms with Gasteiger partial charge < -0.3 is 10.0 Å². The van der Waals surface area contributed by atoms with Gasteiger partial charge in [0.25, 0.3) is 0 Å². The average molecular weight is 426 g/mol. The lowest BCUT2D eigenvalue weighted by atomic mass is 9.97. The predicted molar refractivity (Wildman–Crippen MR) is 120 cm³/mol. The predicted octanol–water partition coefficient (Wildman–Crippen LogP) is 3.94. The van der Waals surface area contributed by atoms with E-state index in [4.69, 9.17) is 0 Å². The number of aliphatic carboxylic acids is 1. The normalized spacial score (nSPS) is 12.6. The molecule has 166 valence electrons. The Kier molecular flexibility index (Phi) is 8.66. The zero-order chi connectivity index (χ0) is 23.0. The van der Waals surface area contributed by atoms with E-state index in [2.05, 4.69) is 27.2 Å². The summed E-state index contributed by atoms with van der Waals surface area (Å²) in [6.07, 6.45) is 3.83. The number of nitrogens with one attached hydrogen (secondary N) is 1. The number of hydrogen-bond donors (Lipinski definition) is 2. The lowest BCUT2D eigenvalue weighted by Gasteiger charge is -2.32. The van der Waals surface area contributed by atoms with Crippen molar-refractivity contribution in [1.29, 1.82) is 0 Å². The highest BCUT2D eigenvalue weighted by molar-refractivity contribution is 6.02. The fourth-order valence-corrected chi connectivity index (χ4v) is 3.47. The molecule has 0 aliphatic heterocycles. The third-order valence-corrected chi connectivity index (χ3v) is 5.14. The van der Waals surface area contributed by atoms with Crippen molar-refractivity contribution in [2.75, 3.05) is 0 Å². The monoisotopic (exact) mass is 425 g/mol. The van der Waals surface area contributed by atoms with Gasteiger partial charge in [-0.15, -0.1) is 10.2 Å². The van der Waals surface area contributed by atoms with E-state index in [1.165, 1.54) is 4.90 Å². The van der Waals surface area contributed by atoms with Crippen molar-refractivity contribution in [3.8, 4) is 0 Å². The Morgan fingerprint density at radius 1 is 1.26 bits per heavy atom. The fourth-order valence-electron chi connectivity index (χ4n) is 3.47. The van der Waals surface area contributed by atoms with Gasteiger partial charge in [-0.3, -0.25) is 4.79 Å². The van der Waals surface area contributed by atoms with Crippen LogP contribution < -0.4 is 0 Å². The zero-order valence-corrected chi connectivity index (χ0v) is 18.6. The molecule has 0 radical (unpaired) electrons. The lowest BCUT2D eigenvalue weighted by Crippen LogP contribution is -2.47. The third-order valence-electron chi connectivity index (χ3n) is 5.14. The molecule has 1 unspecified atom stereocenters. The van der Waals surface area contributed by atoms with Crippen LogP contribution in [0.3, 0.4) is 0 Å². The number of H-pyrrole nitrogens is 1. The summed E-state index contributed by atoms with van der Waals surface area (Å²) in [5.41, 5.74) is 3.25. The quantitative estimate of drug-likeness (QED) is 0.527. The number of carbonyl (C=O) groups is 2. The molecule has 2 N–H and O–H groups in total. The van der Waals surface area contributed by atoms with Crippen LogP contribution in [-0.2, 0) is 16.1 Å². The molecule has 1 aromatic carbocycles. The first-order valence-electron chi connectivity index (χ1n) is 10.5. The van der Waals surface area contributed by atoms with E-state index in [0.29, 0.717) is 12.2 Å². The molecule has 1 amide bonds. The van der Waals surface area contributed by atoms with Crippen LogP contribution in [0.15, 0.2) is 36.9 Å². The number of aromatic amines is 1. The van der Waals surface area contributed by atoms with E-state index in [0.717, 1.165) is 35.1 Å². The van der Waals surface area contributed by atoms with Gasteiger partial charge in [0.15, 0.2) is 0 Å². The van der Waals surface area contributed by atoms with Gasteiger partial charge in [-0.2, -0.15) is 5.21 Å². The molecule has 8 heteroatoms. The second-order valence-corrected chi connectivity index (χ2v) is 7.77. The minimum Gasteiger partial charge on any atom is -0.480 e. The molecule has 8 nitrogen and oxygen atoms in total. The summed E-state index contributed by atoms with van der Waals surface area (Å²) in [7, 11) is 0. The largest absolute Gasteiger partial charge is 0.480 e. The summed E-state index contributed by atoms with van der Waals surface area (Å²) < 4.78 is 0. The van der Waals surface area contributed by atoms with Crippen LogP contribution in [0.1, 0.15) is 63.9 Å². The summed E-state index contributed by atoms with van der Waals surface area (Å²) in [5, 5.41) is 23.8. The Morgan fingerprint density at radius 2 is 1.94 bits per heavy atom. The summed E-state index contributed by atoms with van der Waals surface area (Å²) in [6, 6.07) is 6.72. The van der Waals surface area contributed by atoms with Crippen molar-refractivity contribution < 1.29 is 14.7 Å². The second kappa shape index (κ2) is 11.2. The number of nitrogens with zero attached hydrogens (tertiary/aromatic N) is 4. The maximum Gasteiger partial charge on any atom is 0.326 e. The van der Waals surface area contributed by atoms with E-state index in [9.17, 15) is 14.7 Å². The Hall–Kier alpha value is -3.29. The molecule has 0 spiro atoms. The van der Waals surface area contributed by atoms with Gasteiger partial charge in [-0.25, -0.2) is 4.79 Å². The number of amides is 1. The van der Waals surface area contributed by atoms with Crippen LogP contribution in [0.4, 0.5) is 0 Å². The fraction of sp³-hybridized carbons (Fsp3) is 0.435. The van der Waals surface area contributed by atoms with Crippen molar-refractivity contribution in [1.82, 2.24) is 25.5 Å². The summed E-state index contributed by atoms with van der Waals surface area (Å²) >= 11 is 0. The van der Waals surface area contributed by atoms with Gasteiger partial charge in [-0.1, -0.05) is 64.1 Å². The zero-order valence-electron chi connectivity index (χ0n) is 18.6. The van der Waals surface area contributed by atoms with Crippen molar-refractivity contribution >= 4 is 23.0 Å². The molecule has 0 aliphatic carbocycles. The molecule has 0 bridgehead atoms. The van der Waals surface area contributed by atoms with Gasteiger partial charge in [-0.05, 0) is 41.2 Å². The topological polar surface area (TPSA) is 112 Å². The van der Waals surface area contributed by atoms with E-state index in [1.54, 1.807) is 0 Å². The molecule has 1 heterocycles. The van der Waals surface area contributed by atoms with E-state index >= 15 is 0 Å². The lowest BCUT2D eigenvalue weighted by molar-refractivity contribution is -0.153. The highest BCUT2D eigenvalue weighted by Gasteiger charge is 2.32. The van der Waals surface area contributed by atoms with Crippen LogP contribution in [0.25, 0.3) is 11.1 Å². The van der Waals surface area contributed by atoms with Gasteiger partial charge in [0.2, 0.25) is 11.7 Å². The molecular weight excluding hydrogens is 394 g/mol. The van der Waals surface area contributed by atoms with Gasteiger partial charge in [0, 0.05) is 18.5 Å². The first kappa shape index (κ1) is 24.0. The molecule has 0 saturated heterocycles. The molecule has 2 rings (SSSR count). The van der Waals surface area contributed by atoms with Crippen molar-refractivity contribution in [3.63, 3.8) is 0 Å². The number of tetrazole rings is 1. The Labute approximate surface area is 183 Å². The number of carboxylic acid groups (broad SMARTS) is 1. The van der Waals surface area contributed by atoms with Crippen LogP contribution >= 0.6 is 0 Å². The number of benzene rings is 1. The van der Waals surface area contributed by atoms with Gasteiger partial charge >= 0.3 is 5.97 Å². The molecule has 0 aliphatic rings. The number of carbonyl (C=O) groups excluding carboxylic acids is 1. The van der Waals surface area contributed by atoms with E-state index in [1.807, 2.05) is 58.0 Å². The summed E-state index contributed by atoms with van der Waals surface area (Å²) in [6.45, 7) is 11.9. The van der Waals surface area contributed by atoms with Crippen LogP contribution in [0.2, 0.25) is 0 Å². The SMILES string of the molecule is C=C(/C(=C\C)c1nn[nH]n1)c1ccc(CN(C(=O)CCCC)C(C(=O)O)C(C)C)cc1. The molecule has 0 fully saturated rings. The molecular formula is C23H31N5O3. The first-order chi connectivity index (χ1) is 14.8. The number of carboxylic acids is 1. The molecule has 31 heavy (non-hydrogen) atoms. The maximum atomic E-state index is 12.8. The number of unbranched alkanes of at least 4 members (excludes halogenated alkanes) is 1. The van der Waals surface area contributed by atoms with Gasteiger partial charge in [0.1, 0.15) is 6.04 Å². The molecule has 2 aromatic rings. The Morgan fingerprint density at radius 3 is 2.42 bits per heavy atom. The van der Waals surface area contributed by atoms with E-state index in [-0.39, 0.29) is 18.4 Å². The molecule has 1 atom stereocenters. The summed E-state index contributed by atoms with van der Waals surface area (Å²) in [4.78, 5) is 26.2. The number of aromatic nitrogens is 4. The average Bonchev–Trinajstić information content (AvgIpc) is 3.26. The second-order valence-electron chi connectivity index (χ2n) is 7.77. The smallest absolute Gasteiger partial charge is 0.326 e. The first-order valence-corrected chi connectivity index (χ1v) is 10.5. The maximum absolute atomic E-state index is 12.8. The Balaban J connectivity index is 2.24. The van der Waals surface area contributed by atoms with Crippen LogP contribution in [-0.4, -0.2) is 48.5 Å². The van der Waals surface area contributed by atoms with Crippen LogP contribution in [0, 0.1) is 5.92 Å². The van der Waals surface area contributed by atoms with Crippen molar-refractivity contribution in [2.24, 2.45) is 5.92 Å². The van der Waals surface area contributed by atoms with Crippen molar-refractivity contribution in [3.05, 3.63) is 53.9 Å². The Bertz CT molecular complexity index is 917. The highest BCUT2D eigenvalue weighted by Crippen LogP contribution is 2.28. The molecule has 1 aromatic heterocycles. The minimum atomic E-state index is -0.984. The summed E-state index contributed by atoms with van der Waals surface area (Å²) in [5.74, 6) is -0.854. The number of hydrogen-bond acceptors (Lipinski definition) is 5. The number of rotatable bonds is 11. The number of allylic oxidation sites excluding steroid dienone is 3. The third kappa shape index (κ3) is 6.10. The van der Waals surface area contributed by atoms with Gasteiger partial charge in [0.05, 0.1) is 0 Å². The van der Waals surface area contributed by atoms with Crippen LogP contribution in [0.5, 0.6) is 0 Å². The van der Waals surface area contributed by atoms with Crippen molar-refractivity contribution in [2.45, 2.75) is 59.5 Å². The molecule has 0 saturated carbocycles. The minimum absolute atomic E-state index is 0.134.